The van der Waals surface area contributed by atoms with Crippen molar-refractivity contribution in [3.05, 3.63) is 52.8 Å². The molecule has 0 atom stereocenters. The summed E-state index contributed by atoms with van der Waals surface area (Å²) in [5, 5.41) is 8.43. The first-order valence-corrected chi connectivity index (χ1v) is 8.11. The molecule has 0 radical (unpaired) electrons. The summed E-state index contributed by atoms with van der Waals surface area (Å²) in [6.45, 7) is 4.56. The van der Waals surface area contributed by atoms with E-state index in [-0.39, 0.29) is 0 Å². The molecule has 0 saturated heterocycles. The Morgan fingerprint density at radius 2 is 2.26 bits per heavy atom. The molecular weight excluding hydrogens is 310 g/mol. The van der Waals surface area contributed by atoms with Crippen molar-refractivity contribution >= 4 is 17.6 Å². The number of halogens is 1. The zero-order valence-electron chi connectivity index (χ0n) is 14.0. The van der Waals surface area contributed by atoms with Crippen LogP contribution in [0.5, 0.6) is 0 Å². The summed E-state index contributed by atoms with van der Waals surface area (Å²) in [4.78, 5) is 6.42. The van der Waals surface area contributed by atoms with Gasteiger partial charge in [0.1, 0.15) is 0 Å². The molecule has 1 N–H and O–H groups in total. The molecule has 0 aliphatic carbocycles. The van der Waals surface area contributed by atoms with Crippen LogP contribution in [-0.4, -0.2) is 41.3 Å². The quantitative estimate of drug-likeness (QED) is 0.502. The van der Waals surface area contributed by atoms with Gasteiger partial charge in [0.05, 0.1) is 6.20 Å². The van der Waals surface area contributed by atoms with Crippen molar-refractivity contribution in [1.82, 2.24) is 20.0 Å². The Labute approximate surface area is 143 Å². The minimum Gasteiger partial charge on any atom is -0.356 e. The van der Waals surface area contributed by atoms with Crippen LogP contribution in [0.4, 0.5) is 0 Å². The van der Waals surface area contributed by atoms with Gasteiger partial charge < -0.3 is 10.2 Å². The number of aryl methyl sites for hydroxylation is 2. The number of guanidine groups is 1. The van der Waals surface area contributed by atoms with E-state index in [0.29, 0.717) is 0 Å². The fourth-order valence-electron chi connectivity index (χ4n) is 2.40. The van der Waals surface area contributed by atoms with Crippen molar-refractivity contribution in [1.29, 1.82) is 0 Å². The summed E-state index contributed by atoms with van der Waals surface area (Å²) < 4.78 is 1.97. The van der Waals surface area contributed by atoms with E-state index in [1.165, 1.54) is 5.56 Å². The smallest absolute Gasteiger partial charge is 0.193 e. The van der Waals surface area contributed by atoms with Crippen LogP contribution < -0.4 is 5.32 Å². The number of nitrogens with one attached hydrogen (secondary N) is 1. The van der Waals surface area contributed by atoms with Gasteiger partial charge in [-0.3, -0.25) is 9.67 Å². The normalized spacial score (nSPS) is 11.6. The summed E-state index contributed by atoms with van der Waals surface area (Å²) >= 11 is 6.03. The second-order valence-corrected chi connectivity index (χ2v) is 6.03. The summed E-state index contributed by atoms with van der Waals surface area (Å²) in [7, 11) is 3.82. The van der Waals surface area contributed by atoms with Crippen LogP contribution in [0.3, 0.4) is 0 Å². The third-order valence-electron chi connectivity index (χ3n) is 3.49. The van der Waals surface area contributed by atoms with Crippen LogP contribution in [-0.2, 0) is 13.1 Å². The zero-order valence-corrected chi connectivity index (χ0v) is 14.7. The van der Waals surface area contributed by atoms with Gasteiger partial charge in [-0.1, -0.05) is 23.7 Å². The second-order valence-electron chi connectivity index (χ2n) is 5.59. The highest BCUT2D eigenvalue weighted by molar-refractivity contribution is 6.30. The molecule has 0 spiro atoms. The molecule has 0 unspecified atom stereocenters. The van der Waals surface area contributed by atoms with Crippen molar-refractivity contribution in [2.45, 2.75) is 26.4 Å². The van der Waals surface area contributed by atoms with Gasteiger partial charge in [-0.2, -0.15) is 5.10 Å². The van der Waals surface area contributed by atoms with E-state index in [1.807, 2.05) is 43.0 Å². The lowest BCUT2D eigenvalue weighted by atomic mass is 10.2. The molecule has 6 heteroatoms. The summed E-state index contributed by atoms with van der Waals surface area (Å²) in [6.07, 6.45) is 4.93. The average molecular weight is 334 g/mol. The van der Waals surface area contributed by atoms with Gasteiger partial charge >= 0.3 is 0 Å². The zero-order chi connectivity index (χ0) is 16.7. The van der Waals surface area contributed by atoms with Crippen molar-refractivity contribution in [2.75, 3.05) is 20.6 Å². The number of aliphatic imine (C=N–C) groups is 1. The third kappa shape index (κ3) is 5.60. The van der Waals surface area contributed by atoms with Gasteiger partial charge in [-0.25, -0.2) is 0 Å². The van der Waals surface area contributed by atoms with E-state index in [1.54, 1.807) is 7.05 Å². The van der Waals surface area contributed by atoms with Gasteiger partial charge in [0.25, 0.3) is 0 Å². The van der Waals surface area contributed by atoms with Crippen molar-refractivity contribution in [2.24, 2.45) is 4.99 Å². The predicted molar refractivity (Wildman–Crippen MR) is 95.9 cm³/mol. The maximum atomic E-state index is 6.03. The van der Waals surface area contributed by atoms with E-state index in [4.69, 9.17) is 11.6 Å². The maximum Gasteiger partial charge on any atom is 0.193 e. The summed E-state index contributed by atoms with van der Waals surface area (Å²) in [6, 6.07) is 7.89. The molecule has 0 aliphatic heterocycles. The van der Waals surface area contributed by atoms with Crippen molar-refractivity contribution in [3.63, 3.8) is 0 Å². The third-order valence-corrected chi connectivity index (χ3v) is 3.73. The topological polar surface area (TPSA) is 45.5 Å². The molecule has 0 fully saturated rings. The first-order chi connectivity index (χ1) is 11.1. The van der Waals surface area contributed by atoms with Gasteiger partial charge in [-0.05, 0) is 36.6 Å². The first-order valence-electron chi connectivity index (χ1n) is 7.74. The summed E-state index contributed by atoms with van der Waals surface area (Å²) in [5.74, 6) is 0.877. The van der Waals surface area contributed by atoms with E-state index in [9.17, 15) is 0 Å². The molecule has 1 aromatic carbocycles. The fourth-order valence-corrected chi connectivity index (χ4v) is 2.61. The highest BCUT2D eigenvalue weighted by atomic mass is 35.5. The van der Waals surface area contributed by atoms with Gasteiger partial charge in [-0.15, -0.1) is 0 Å². The minimum atomic E-state index is 0.758. The minimum absolute atomic E-state index is 0.758. The Bertz CT molecular complexity index is 650. The number of nitrogens with zero attached hydrogens (tertiary/aromatic N) is 4. The van der Waals surface area contributed by atoms with Crippen LogP contribution in [0.15, 0.2) is 41.7 Å². The number of hydrogen-bond donors (Lipinski definition) is 1. The van der Waals surface area contributed by atoms with Crippen molar-refractivity contribution < 1.29 is 0 Å². The van der Waals surface area contributed by atoms with Crippen LogP contribution >= 0.6 is 11.6 Å². The largest absolute Gasteiger partial charge is 0.356 e. The van der Waals surface area contributed by atoms with Gasteiger partial charge in [0, 0.05) is 44.9 Å². The molecular formula is C17H24ClN5. The lowest BCUT2D eigenvalue weighted by Gasteiger charge is -2.22. The predicted octanol–water partition coefficient (Wildman–Crippen LogP) is 2.94. The lowest BCUT2D eigenvalue weighted by Crippen LogP contribution is -2.39. The average Bonchev–Trinajstić information content (AvgIpc) is 2.92. The number of aromatic nitrogens is 2. The van der Waals surface area contributed by atoms with Crippen LogP contribution in [0.2, 0.25) is 5.02 Å². The number of rotatable bonds is 6. The lowest BCUT2D eigenvalue weighted by molar-refractivity contribution is 0.471. The molecule has 2 aromatic rings. The molecule has 23 heavy (non-hydrogen) atoms. The van der Waals surface area contributed by atoms with Gasteiger partial charge in [0.2, 0.25) is 0 Å². The maximum absolute atomic E-state index is 6.03. The van der Waals surface area contributed by atoms with E-state index >= 15 is 0 Å². The van der Waals surface area contributed by atoms with Crippen LogP contribution in [0.1, 0.15) is 17.5 Å². The van der Waals surface area contributed by atoms with E-state index in [0.717, 1.165) is 42.6 Å². The summed E-state index contributed by atoms with van der Waals surface area (Å²) in [5.41, 5.74) is 2.35. The Balaban J connectivity index is 1.77. The standard InChI is InChI=1S/C17H24ClN5/c1-14-11-21-23(12-14)9-5-8-20-17(19-2)22(3)13-15-6-4-7-16(18)10-15/h4,6-7,10-12H,5,8-9,13H2,1-3H3,(H,19,20). The molecule has 0 aliphatic rings. The van der Waals surface area contributed by atoms with E-state index in [2.05, 4.69) is 32.6 Å². The number of benzene rings is 1. The van der Waals surface area contributed by atoms with Crippen LogP contribution in [0.25, 0.3) is 0 Å². The van der Waals surface area contributed by atoms with Gasteiger partial charge in [0.15, 0.2) is 5.96 Å². The monoisotopic (exact) mass is 333 g/mol. The Kier molecular flexibility index (Phi) is 6.47. The highest BCUT2D eigenvalue weighted by Crippen LogP contribution is 2.12. The Morgan fingerprint density at radius 3 is 2.91 bits per heavy atom. The van der Waals surface area contributed by atoms with E-state index < -0.39 is 0 Å². The molecule has 124 valence electrons. The van der Waals surface area contributed by atoms with Crippen molar-refractivity contribution in [3.8, 4) is 0 Å². The molecule has 5 nitrogen and oxygen atoms in total. The molecule has 1 heterocycles. The first kappa shape index (κ1) is 17.3. The second kappa shape index (κ2) is 8.58. The molecule has 0 amide bonds. The molecule has 2 rings (SSSR count). The SMILES string of the molecule is CN=C(NCCCn1cc(C)cn1)N(C)Cc1cccc(Cl)c1. The molecule has 1 aromatic heterocycles. The number of hydrogen-bond acceptors (Lipinski definition) is 2. The highest BCUT2D eigenvalue weighted by Gasteiger charge is 2.06. The molecule has 0 saturated carbocycles. The molecule has 0 bridgehead atoms. The Morgan fingerprint density at radius 1 is 1.43 bits per heavy atom. The fraction of sp³-hybridized carbons (Fsp3) is 0.412. The van der Waals surface area contributed by atoms with Crippen LogP contribution in [0, 0.1) is 6.92 Å². The Hall–Kier alpha value is -2.01.